The molecule has 0 radical (unpaired) electrons. The van der Waals surface area contributed by atoms with Crippen LogP contribution in [0.5, 0.6) is 0 Å². The van der Waals surface area contributed by atoms with Crippen LogP contribution >= 0.6 is 0 Å². The number of anilines is 1. The summed E-state index contributed by atoms with van der Waals surface area (Å²) in [6.45, 7) is 9.07. The van der Waals surface area contributed by atoms with Gasteiger partial charge in [0.1, 0.15) is 0 Å². The predicted molar refractivity (Wildman–Crippen MR) is 86.2 cm³/mol. The molecule has 2 saturated carbocycles. The van der Waals surface area contributed by atoms with E-state index in [1.807, 2.05) is 0 Å². The summed E-state index contributed by atoms with van der Waals surface area (Å²) in [7, 11) is 0. The maximum Gasteiger partial charge on any atom is 0.0414 e. The molecule has 0 aliphatic heterocycles. The van der Waals surface area contributed by atoms with Gasteiger partial charge in [-0.2, -0.15) is 0 Å². The van der Waals surface area contributed by atoms with Crippen LogP contribution in [0.15, 0.2) is 18.2 Å². The molecule has 0 heterocycles. The summed E-state index contributed by atoms with van der Waals surface area (Å²) in [4.78, 5) is 2.66. The summed E-state index contributed by atoms with van der Waals surface area (Å²) in [5.74, 6) is 0.723. The average molecular weight is 272 g/mol. The quantitative estimate of drug-likeness (QED) is 0.810. The van der Waals surface area contributed by atoms with E-state index in [0.717, 1.165) is 24.5 Å². The van der Waals surface area contributed by atoms with Crippen LogP contribution in [0.25, 0.3) is 0 Å². The maximum atomic E-state index is 3.68. The van der Waals surface area contributed by atoms with Crippen molar-refractivity contribution in [2.75, 3.05) is 11.4 Å². The van der Waals surface area contributed by atoms with Crippen LogP contribution in [0.4, 0.5) is 5.69 Å². The normalized spacial score (nSPS) is 18.6. The molecule has 1 N–H and O–H groups in total. The van der Waals surface area contributed by atoms with Gasteiger partial charge in [-0.1, -0.05) is 31.5 Å². The van der Waals surface area contributed by atoms with Gasteiger partial charge >= 0.3 is 0 Å². The van der Waals surface area contributed by atoms with Crippen molar-refractivity contribution >= 4 is 5.69 Å². The summed E-state index contributed by atoms with van der Waals surface area (Å²) in [5.41, 5.74) is 4.34. The monoisotopic (exact) mass is 272 g/mol. The van der Waals surface area contributed by atoms with Crippen LogP contribution in [0.1, 0.15) is 50.7 Å². The van der Waals surface area contributed by atoms with Crippen LogP contribution in [-0.2, 0) is 6.54 Å². The van der Waals surface area contributed by atoms with Crippen molar-refractivity contribution < 1.29 is 0 Å². The second-order valence-electron chi connectivity index (χ2n) is 7.06. The van der Waals surface area contributed by atoms with E-state index in [-0.39, 0.29) is 0 Å². The van der Waals surface area contributed by atoms with Crippen molar-refractivity contribution in [3.05, 3.63) is 29.3 Å². The lowest BCUT2D eigenvalue weighted by Crippen LogP contribution is -2.31. The molecule has 1 aromatic rings. The zero-order valence-corrected chi connectivity index (χ0v) is 13.2. The van der Waals surface area contributed by atoms with Crippen molar-refractivity contribution in [1.29, 1.82) is 0 Å². The molecule has 0 amide bonds. The Kier molecular flexibility index (Phi) is 4.02. The van der Waals surface area contributed by atoms with Gasteiger partial charge in [-0.05, 0) is 50.2 Å². The second kappa shape index (κ2) is 5.77. The van der Waals surface area contributed by atoms with Crippen LogP contribution in [0.3, 0.4) is 0 Å². The molecule has 1 aromatic carbocycles. The second-order valence-corrected chi connectivity index (χ2v) is 7.06. The zero-order valence-electron chi connectivity index (χ0n) is 13.2. The highest BCUT2D eigenvalue weighted by atomic mass is 15.2. The molecule has 0 bridgehead atoms. The van der Waals surface area contributed by atoms with Crippen molar-refractivity contribution in [3.8, 4) is 0 Å². The minimum atomic E-state index is 0.723. The van der Waals surface area contributed by atoms with Gasteiger partial charge in [0, 0.05) is 30.9 Å². The van der Waals surface area contributed by atoms with Gasteiger partial charge in [-0.15, -0.1) is 0 Å². The summed E-state index contributed by atoms with van der Waals surface area (Å²) < 4.78 is 0. The molecule has 110 valence electrons. The first-order chi connectivity index (χ1) is 9.63. The molecule has 0 unspecified atom stereocenters. The highest BCUT2D eigenvalue weighted by Gasteiger charge is 2.31. The highest BCUT2D eigenvalue weighted by molar-refractivity contribution is 5.56. The molecule has 2 aliphatic rings. The zero-order chi connectivity index (χ0) is 14.1. The number of hydrogen-bond donors (Lipinski definition) is 1. The van der Waals surface area contributed by atoms with E-state index in [4.69, 9.17) is 0 Å². The van der Waals surface area contributed by atoms with Gasteiger partial charge in [0.25, 0.3) is 0 Å². The molecule has 2 aliphatic carbocycles. The first-order valence-electron chi connectivity index (χ1n) is 8.23. The Labute approximate surface area is 123 Å². The number of nitrogens with one attached hydrogen (secondary N) is 1. The summed E-state index contributed by atoms with van der Waals surface area (Å²) in [6.07, 6.45) is 5.46. The number of nitrogens with zero attached hydrogens (tertiary/aromatic N) is 1. The molecule has 0 saturated heterocycles. The largest absolute Gasteiger partial charge is 0.368 e. The van der Waals surface area contributed by atoms with Crippen molar-refractivity contribution in [1.82, 2.24) is 5.32 Å². The Morgan fingerprint density at radius 3 is 2.55 bits per heavy atom. The first kappa shape index (κ1) is 13.9. The number of benzene rings is 1. The Morgan fingerprint density at radius 1 is 1.20 bits per heavy atom. The third kappa shape index (κ3) is 3.54. The van der Waals surface area contributed by atoms with E-state index < -0.39 is 0 Å². The molecule has 2 fully saturated rings. The summed E-state index contributed by atoms with van der Waals surface area (Å²) >= 11 is 0. The molecule has 0 aromatic heterocycles. The number of hydrogen-bond acceptors (Lipinski definition) is 2. The third-order valence-electron chi connectivity index (χ3n) is 4.25. The topological polar surface area (TPSA) is 15.3 Å². The Bertz CT molecular complexity index is 458. The van der Waals surface area contributed by atoms with E-state index in [0.29, 0.717) is 0 Å². The molecule has 3 rings (SSSR count). The fourth-order valence-electron chi connectivity index (χ4n) is 2.90. The fraction of sp³-hybridized carbons (Fsp3) is 0.667. The fourth-order valence-corrected chi connectivity index (χ4v) is 2.90. The summed E-state index contributed by atoms with van der Waals surface area (Å²) in [6, 6.07) is 8.56. The lowest BCUT2D eigenvalue weighted by Gasteiger charge is -2.29. The van der Waals surface area contributed by atoms with Crippen LogP contribution in [0, 0.1) is 12.8 Å². The molecule has 2 nitrogen and oxygen atoms in total. The van der Waals surface area contributed by atoms with E-state index in [2.05, 4.69) is 49.2 Å². The molecule has 20 heavy (non-hydrogen) atoms. The van der Waals surface area contributed by atoms with Crippen molar-refractivity contribution in [2.24, 2.45) is 5.92 Å². The smallest absolute Gasteiger partial charge is 0.0414 e. The predicted octanol–water partition coefficient (Wildman–Crippen LogP) is 3.87. The highest BCUT2D eigenvalue weighted by Crippen LogP contribution is 2.35. The maximum absolute atomic E-state index is 3.68. The SMILES string of the molecule is Cc1ccc(N(CC(C)C)C2CC2)c(CNC2CC2)c1. The van der Waals surface area contributed by atoms with Crippen molar-refractivity contribution in [2.45, 2.75) is 65.1 Å². The van der Waals surface area contributed by atoms with Gasteiger partial charge < -0.3 is 10.2 Å². The molecular formula is C18H28N2. The minimum Gasteiger partial charge on any atom is -0.368 e. The molecular weight excluding hydrogens is 244 g/mol. The van der Waals surface area contributed by atoms with E-state index in [1.165, 1.54) is 49.0 Å². The van der Waals surface area contributed by atoms with Gasteiger partial charge in [0.15, 0.2) is 0 Å². The van der Waals surface area contributed by atoms with Gasteiger partial charge in [-0.25, -0.2) is 0 Å². The van der Waals surface area contributed by atoms with E-state index in [1.54, 1.807) is 0 Å². The van der Waals surface area contributed by atoms with Crippen LogP contribution in [-0.4, -0.2) is 18.6 Å². The van der Waals surface area contributed by atoms with Gasteiger partial charge in [0.05, 0.1) is 0 Å². The van der Waals surface area contributed by atoms with Crippen molar-refractivity contribution in [3.63, 3.8) is 0 Å². The standard InChI is InChI=1S/C18H28N2/c1-13(2)12-20(17-7-8-17)18-9-4-14(3)10-15(18)11-19-16-5-6-16/h4,9-10,13,16-17,19H,5-8,11-12H2,1-3H3. The Balaban J connectivity index is 1.80. The molecule has 2 heteroatoms. The molecule has 0 spiro atoms. The third-order valence-corrected chi connectivity index (χ3v) is 4.25. The Morgan fingerprint density at radius 2 is 1.95 bits per heavy atom. The first-order valence-corrected chi connectivity index (χ1v) is 8.23. The lowest BCUT2D eigenvalue weighted by atomic mass is 10.1. The van der Waals surface area contributed by atoms with Crippen LogP contribution in [0.2, 0.25) is 0 Å². The number of aryl methyl sites for hydroxylation is 1. The Hall–Kier alpha value is -1.02. The van der Waals surface area contributed by atoms with Gasteiger partial charge in [-0.3, -0.25) is 0 Å². The van der Waals surface area contributed by atoms with E-state index in [9.17, 15) is 0 Å². The number of rotatable bonds is 7. The lowest BCUT2D eigenvalue weighted by molar-refractivity contribution is 0.602. The minimum absolute atomic E-state index is 0.723. The van der Waals surface area contributed by atoms with E-state index >= 15 is 0 Å². The summed E-state index contributed by atoms with van der Waals surface area (Å²) in [5, 5.41) is 3.68. The average Bonchev–Trinajstić information content (AvgIpc) is 3.27. The molecule has 0 atom stereocenters. The van der Waals surface area contributed by atoms with Crippen LogP contribution < -0.4 is 10.2 Å². The van der Waals surface area contributed by atoms with Gasteiger partial charge in [0.2, 0.25) is 0 Å².